The van der Waals surface area contributed by atoms with E-state index < -0.39 is 0 Å². The molecule has 0 fully saturated rings. The van der Waals surface area contributed by atoms with Gasteiger partial charge in [-0.25, -0.2) is 0 Å². The summed E-state index contributed by atoms with van der Waals surface area (Å²) in [5.41, 5.74) is 2.35. The summed E-state index contributed by atoms with van der Waals surface area (Å²) in [7, 11) is 1.54. The Morgan fingerprint density at radius 1 is 1.27 bits per heavy atom. The molecule has 1 amide bonds. The average molecular weight is 384 g/mol. The highest BCUT2D eigenvalue weighted by Crippen LogP contribution is 2.30. The van der Waals surface area contributed by atoms with Gasteiger partial charge in [-0.15, -0.1) is 0 Å². The number of nitrogens with one attached hydrogen (secondary N) is 2. The van der Waals surface area contributed by atoms with E-state index in [9.17, 15) is 4.79 Å². The van der Waals surface area contributed by atoms with Gasteiger partial charge >= 0.3 is 0 Å². The van der Waals surface area contributed by atoms with Crippen LogP contribution in [0, 0.1) is 6.92 Å². The minimum Gasteiger partial charge on any atom is -0.495 e. The van der Waals surface area contributed by atoms with Crippen LogP contribution in [0.3, 0.4) is 0 Å². The van der Waals surface area contributed by atoms with E-state index in [1.54, 1.807) is 12.1 Å². The van der Waals surface area contributed by atoms with E-state index in [-0.39, 0.29) is 12.5 Å². The number of hydrogen-bond acceptors (Lipinski definition) is 3. The fourth-order valence-electron chi connectivity index (χ4n) is 1.87. The van der Waals surface area contributed by atoms with Crippen LogP contribution in [-0.2, 0) is 4.79 Å². The van der Waals surface area contributed by atoms with Crippen LogP contribution in [0.4, 0.5) is 11.4 Å². The molecule has 0 radical (unpaired) electrons. The molecule has 0 aromatic heterocycles. The van der Waals surface area contributed by atoms with Gasteiger partial charge < -0.3 is 15.4 Å². The maximum absolute atomic E-state index is 12.0. The van der Waals surface area contributed by atoms with E-state index in [2.05, 4.69) is 26.6 Å². The highest BCUT2D eigenvalue weighted by atomic mass is 79.9. The molecule has 0 spiro atoms. The minimum absolute atomic E-state index is 0.159. The Morgan fingerprint density at radius 2 is 1.95 bits per heavy atom. The molecule has 116 valence electrons. The molecule has 6 heteroatoms. The van der Waals surface area contributed by atoms with Gasteiger partial charge in [-0.05, 0) is 42.8 Å². The summed E-state index contributed by atoms with van der Waals surface area (Å²) in [4.78, 5) is 12.0. The van der Waals surface area contributed by atoms with Crippen LogP contribution in [-0.4, -0.2) is 19.6 Å². The molecule has 0 unspecified atom stereocenters. The molecule has 0 saturated heterocycles. The zero-order valence-electron chi connectivity index (χ0n) is 12.2. The topological polar surface area (TPSA) is 50.4 Å². The highest BCUT2D eigenvalue weighted by molar-refractivity contribution is 9.10. The summed E-state index contributed by atoms with van der Waals surface area (Å²) in [5, 5.41) is 6.47. The van der Waals surface area contributed by atoms with Crippen molar-refractivity contribution < 1.29 is 9.53 Å². The van der Waals surface area contributed by atoms with Crippen LogP contribution in [0.2, 0.25) is 5.02 Å². The summed E-state index contributed by atoms with van der Waals surface area (Å²) in [6.07, 6.45) is 0. The van der Waals surface area contributed by atoms with E-state index >= 15 is 0 Å². The van der Waals surface area contributed by atoms with Crippen LogP contribution < -0.4 is 15.4 Å². The molecule has 2 N–H and O–H groups in total. The monoisotopic (exact) mass is 382 g/mol. The van der Waals surface area contributed by atoms with Crippen molar-refractivity contribution >= 4 is 44.8 Å². The van der Waals surface area contributed by atoms with Crippen LogP contribution in [0.25, 0.3) is 0 Å². The third-order valence-corrected chi connectivity index (χ3v) is 3.99. The zero-order valence-corrected chi connectivity index (χ0v) is 14.6. The van der Waals surface area contributed by atoms with Crippen molar-refractivity contribution in [3.8, 4) is 5.75 Å². The van der Waals surface area contributed by atoms with Crippen molar-refractivity contribution in [3.63, 3.8) is 0 Å². The molecule has 2 aromatic rings. The Hall–Kier alpha value is -1.72. The van der Waals surface area contributed by atoms with Gasteiger partial charge in [0.2, 0.25) is 5.91 Å². The molecule has 0 aliphatic heterocycles. The Morgan fingerprint density at radius 3 is 2.59 bits per heavy atom. The molecular formula is C16H16BrClN2O2. The lowest BCUT2D eigenvalue weighted by atomic mass is 10.2. The molecule has 0 aliphatic rings. The normalized spacial score (nSPS) is 10.2. The van der Waals surface area contributed by atoms with Gasteiger partial charge in [-0.3, -0.25) is 4.79 Å². The second-order valence-electron chi connectivity index (χ2n) is 4.71. The van der Waals surface area contributed by atoms with Gasteiger partial charge in [-0.2, -0.15) is 0 Å². The summed E-state index contributed by atoms with van der Waals surface area (Å²) < 4.78 is 6.22. The van der Waals surface area contributed by atoms with Gasteiger partial charge in [0.25, 0.3) is 0 Å². The van der Waals surface area contributed by atoms with Crippen LogP contribution in [0.15, 0.2) is 40.9 Å². The van der Waals surface area contributed by atoms with Crippen molar-refractivity contribution in [3.05, 3.63) is 51.5 Å². The van der Waals surface area contributed by atoms with Gasteiger partial charge in [0.15, 0.2) is 0 Å². The Kier molecular flexibility index (Phi) is 5.69. The number of carbonyl (C=O) groups excluding carboxylic acids is 1. The maximum Gasteiger partial charge on any atom is 0.243 e. The number of halogens is 2. The number of ether oxygens (including phenoxy) is 1. The van der Waals surface area contributed by atoms with Crippen molar-refractivity contribution in [1.29, 1.82) is 0 Å². The molecule has 0 heterocycles. The molecule has 22 heavy (non-hydrogen) atoms. The van der Waals surface area contributed by atoms with Crippen molar-refractivity contribution in [2.45, 2.75) is 6.92 Å². The van der Waals surface area contributed by atoms with Gasteiger partial charge in [0.1, 0.15) is 5.75 Å². The standard InChI is InChI=1S/C16H16BrClN2O2/c1-10-7-14(15(22-2)8-13(10)18)20-16(21)9-19-12-5-3-11(17)4-6-12/h3-8,19H,9H2,1-2H3,(H,20,21). The third kappa shape index (κ3) is 4.39. The van der Waals surface area contributed by atoms with Crippen molar-refractivity contribution in [2.75, 3.05) is 24.3 Å². The van der Waals surface area contributed by atoms with Crippen molar-refractivity contribution in [1.82, 2.24) is 0 Å². The summed E-state index contributed by atoms with van der Waals surface area (Å²) in [5.74, 6) is 0.371. The first-order valence-corrected chi connectivity index (χ1v) is 7.80. The number of methoxy groups -OCH3 is 1. The van der Waals surface area contributed by atoms with E-state index in [1.165, 1.54) is 7.11 Å². The number of amides is 1. The molecule has 0 atom stereocenters. The van der Waals surface area contributed by atoms with Crippen LogP contribution >= 0.6 is 27.5 Å². The largest absolute Gasteiger partial charge is 0.495 e. The summed E-state index contributed by atoms with van der Waals surface area (Å²) in [6.45, 7) is 2.03. The van der Waals surface area contributed by atoms with Gasteiger partial charge in [0, 0.05) is 21.2 Å². The molecule has 0 saturated carbocycles. The zero-order chi connectivity index (χ0) is 16.1. The van der Waals surface area contributed by atoms with E-state index in [1.807, 2.05) is 31.2 Å². The number of benzene rings is 2. The summed E-state index contributed by atoms with van der Waals surface area (Å²) in [6, 6.07) is 11.1. The van der Waals surface area contributed by atoms with Crippen LogP contribution in [0.1, 0.15) is 5.56 Å². The second kappa shape index (κ2) is 7.51. The molecule has 2 rings (SSSR count). The Balaban J connectivity index is 2.00. The lowest BCUT2D eigenvalue weighted by Crippen LogP contribution is -2.22. The quantitative estimate of drug-likeness (QED) is 0.801. The highest BCUT2D eigenvalue weighted by Gasteiger charge is 2.10. The van der Waals surface area contributed by atoms with Crippen LogP contribution in [0.5, 0.6) is 5.75 Å². The average Bonchev–Trinajstić information content (AvgIpc) is 2.50. The Bertz CT molecular complexity index is 675. The molecular weight excluding hydrogens is 368 g/mol. The van der Waals surface area contributed by atoms with Gasteiger partial charge in [0.05, 0.1) is 19.3 Å². The number of aryl methyl sites for hydroxylation is 1. The predicted octanol–water partition coefficient (Wildman–Crippen LogP) is 4.47. The first-order chi connectivity index (χ1) is 10.5. The van der Waals surface area contributed by atoms with E-state index in [0.29, 0.717) is 16.5 Å². The molecule has 0 bridgehead atoms. The maximum atomic E-state index is 12.0. The smallest absolute Gasteiger partial charge is 0.243 e. The third-order valence-electron chi connectivity index (χ3n) is 3.05. The predicted molar refractivity (Wildman–Crippen MR) is 94.0 cm³/mol. The van der Waals surface area contributed by atoms with Crippen molar-refractivity contribution in [2.24, 2.45) is 0 Å². The first-order valence-electron chi connectivity index (χ1n) is 6.63. The first kappa shape index (κ1) is 16.6. The minimum atomic E-state index is -0.164. The lowest BCUT2D eigenvalue weighted by Gasteiger charge is -2.13. The SMILES string of the molecule is COc1cc(Cl)c(C)cc1NC(=O)CNc1ccc(Br)cc1. The van der Waals surface area contributed by atoms with E-state index in [4.69, 9.17) is 16.3 Å². The fourth-order valence-corrected chi connectivity index (χ4v) is 2.29. The summed E-state index contributed by atoms with van der Waals surface area (Å²) >= 11 is 9.41. The number of anilines is 2. The second-order valence-corrected chi connectivity index (χ2v) is 6.03. The van der Waals surface area contributed by atoms with E-state index in [0.717, 1.165) is 15.7 Å². The lowest BCUT2D eigenvalue weighted by molar-refractivity contribution is -0.114. The number of hydrogen-bond donors (Lipinski definition) is 2. The number of carbonyl (C=O) groups is 1. The molecule has 2 aromatic carbocycles. The van der Waals surface area contributed by atoms with Gasteiger partial charge in [-0.1, -0.05) is 27.5 Å². The molecule has 0 aliphatic carbocycles. The fraction of sp³-hybridized carbons (Fsp3) is 0.188. The Labute approximate surface area is 142 Å². The number of rotatable bonds is 5. The molecule has 4 nitrogen and oxygen atoms in total.